The Morgan fingerprint density at radius 2 is 2.08 bits per heavy atom. The van der Waals surface area contributed by atoms with E-state index in [2.05, 4.69) is 10.6 Å². The second kappa shape index (κ2) is 2.62. The van der Waals surface area contributed by atoms with Crippen LogP contribution in [-0.4, -0.2) is 17.9 Å². The van der Waals surface area contributed by atoms with Crippen molar-refractivity contribution in [2.45, 2.75) is 12.5 Å². The number of carbonyl (C=O) groups is 2. The third kappa shape index (κ3) is 1.28. The largest absolute Gasteiger partial charge is 0.402 e. The Hall–Kier alpha value is -1.78. The summed E-state index contributed by atoms with van der Waals surface area (Å²) in [6.07, 6.45) is 3.99. The van der Waals surface area contributed by atoms with E-state index in [1.54, 1.807) is 12.2 Å². The van der Waals surface area contributed by atoms with Gasteiger partial charge in [0.2, 0.25) is 0 Å². The molecule has 5 heteroatoms. The van der Waals surface area contributed by atoms with E-state index in [1.165, 1.54) is 0 Å². The topological polar surface area (TPSA) is 84.2 Å². The van der Waals surface area contributed by atoms with Gasteiger partial charge in [-0.3, -0.25) is 9.59 Å². The second-order valence-corrected chi connectivity index (χ2v) is 3.05. The van der Waals surface area contributed by atoms with Crippen LogP contribution in [0, 0.1) is 0 Å². The molecule has 0 aromatic heterocycles. The first-order valence-corrected chi connectivity index (χ1v) is 3.95. The maximum absolute atomic E-state index is 10.9. The standard InChI is InChI=1S/C8H9N3O2/c9-4-1-2-5-6(3-4)11-8(13)7(12)10-5/h1-2,6H,3,9H2,(H,10,12)(H,11,13). The van der Waals surface area contributed by atoms with Gasteiger partial charge in [-0.05, 0) is 12.2 Å². The van der Waals surface area contributed by atoms with Gasteiger partial charge in [0, 0.05) is 17.8 Å². The van der Waals surface area contributed by atoms with Gasteiger partial charge in [0.05, 0.1) is 6.04 Å². The van der Waals surface area contributed by atoms with Crippen molar-refractivity contribution in [2.75, 3.05) is 0 Å². The highest BCUT2D eigenvalue weighted by Crippen LogP contribution is 2.16. The molecular weight excluding hydrogens is 170 g/mol. The number of carbonyl (C=O) groups excluding carboxylic acids is 2. The number of nitrogens with two attached hydrogens (primary N) is 1. The van der Waals surface area contributed by atoms with E-state index in [0.717, 1.165) is 0 Å². The summed E-state index contributed by atoms with van der Waals surface area (Å²) in [5.41, 5.74) is 6.98. The fraction of sp³-hybridized carbons (Fsp3) is 0.250. The van der Waals surface area contributed by atoms with Crippen molar-refractivity contribution in [3.63, 3.8) is 0 Å². The third-order valence-electron chi connectivity index (χ3n) is 2.06. The predicted octanol–water partition coefficient (Wildman–Crippen LogP) is -1.27. The number of piperazine rings is 1. The number of hydrogen-bond acceptors (Lipinski definition) is 3. The Morgan fingerprint density at radius 3 is 2.85 bits per heavy atom. The number of nitrogens with one attached hydrogen (secondary N) is 2. The summed E-state index contributed by atoms with van der Waals surface area (Å²) >= 11 is 0. The zero-order valence-electron chi connectivity index (χ0n) is 6.83. The summed E-state index contributed by atoms with van der Waals surface area (Å²) in [5.74, 6) is -1.21. The fourth-order valence-electron chi connectivity index (χ4n) is 1.40. The van der Waals surface area contributed by atoms with Crippen molar-refractivity contribution in [1.29, 1.82) is 0 Å². The molecule has 0 radical (unpaired) electrons. The third-order valence-corrected chi connectivity index (χ3v) is 2.06. The molecule has 13 heavy (non-hydrogen) atoms. The Kier molecular flexibility index (Phi) is 1.58. The van der Waals surface area contributed by atoms with E-state index in [9.17, 15) is 9.59 Å². The molecule has 1 unspecified atom stereocenters. The van der Waals surface area contributed by atoms with E-state index in [-0.39, 0.29) is 6.04 Å². The van der Waals surface area contributed by atoms with Crippen molar-refractivity contribution in [1.82, 2.24) is 10.6 Å². The molecule has 0 spiro atoms. The molecule has 68 valence electrons. The first-order chi connectivity index (χ1) is 6.16. The summed E-state index contributed by atoms with van der Waals surface area (Å²) in [6.45, 7) is 0. The van der Waals surface area contributed by atoms with E-state index in [1.807, 2.05) is 0 Å². The molecule has 1 heterocycles. The lowest BCUT2D eigenvalue weighted by atomic mass is 10.0. The van der Waals surface area contributed by atoms with Crippen LogP contribution in [-0.2, 0) is 9.59 Å². The molecule has 0 aromatic carbocycles. The van der Waals surface area contributed by atoms with E-state index in [4.69, 9.17) is 5.73 Å². The Morgan fingerprint density at radius 1 is 1.31 bits per heavy atom. The van der Waals surface area contributed by atoms with Gasteiger partial charge in [0.1, 0.15) is 0 Å². The van der Waals surface area contributed by atoms with Crippen LogP contribution in [0.25, 0.3) is 0 Å². The van der Waals surface area contributed by atoms with Gasteiger partial charge in [-0.2, -0.15) is 0 Å². The van der Waals surface area contributed by atoms with Crippen LogP contribution >= 0.6 is 0 Å². The normalized spacial score (nSPS) is 26.6. The van der Waals surface area contributed by atoms with E-state index in [0.29, 0.717) is 17.8 Å². The van der Waals surface area contributed by atoms with Crippen LogP contribution in [0.4, 0.5) is 0 Å². The Bertz CT molecular complexity index is 343. The zero-order chi connectivity index (χ0) is 9.42. The zero-order valence-corrected chi connectivity index (χ0v) is 6.83. The number of allylic oxidation sites excluding steroid dienone is 2. The van der Waals surface area contributed by atoms with Gasteiger partial charge in [0.25, 0.3) is 0 Å². The van der Waals surface area contributed by atoms with Gasteiger partial charge in [-0.25, -0.2) is 0 Å². The van der Waals surface area contributed by atoms with Crippen molar-refractivity contribution in [3.8, 4) is 0 Å². The molecule has 5 nitrogen and oxygen atoms in total. The van der Waals surface area contributed by atoms with Gasteiger partial charge in [-0.15, -0.1) is 0 Å². The summed E-state index contributed by atoms with van der Waals surface area (Å²) in [7, 11) is 0. The molecule has 0 bridgehead atoms. The van der Waals surface area contributed by atoms with Crippen molar-refractivity contribution in [2.24, 2.45) is 5.73 Å². The van der Waals surface area contributed by atoms with E-state index >= 15 is 0 Å². The molecule has 1 aliphatic carbocycles. The summed E-state index contributed by atoms with van der Waals surface area (Å²) < 4.78 is 0. The molecule has 1 aliphatic heterocycles. The number of hydrogen-bond donors (Lipinski definition) is 3. The smallest absolute Gasteiger partial charge is 0.313 e. The molecule has 1 fully saturated rings. The van der Waals surface area contributed by atoms with Crippen LogP contribution in [0.5, 0.6) is 0 Å². The first kappa shape index (κ1) is 7.85. The van der Waals surface area contributed by atoms with Crippen molar-refractivity contribution in [3.05, 3.63) is 23.5 Å². The lowest BCUT2D eigenvalue weighted by molar-refractivity contribution is -0.140. The highest BCUT2D eigenvalue weighted by molar-refractivity contribution is 6.36. The quantitative estimate of drug-likeness (QED) is 0.405. The minimum atomic E-state index is -0.614. The molecule has 2 amide bonds. The lowest BCUT2D eigenvalue weighted by Crippen LogP contribution is -2.54. The molecule has 0 saturated carbocycles. The average molecular weight is 179 g/mol. The van der Waals surface area contributed by atoms with Crippen molar-refractivity contribution < 1.29 is 9.59 Å². The van der Waals surface area contributed by atoms with Crippen LogP contribution in [0.15, 0.2) is 23.5 Å². The highest BCUT2D eigenvalue weighted by Gasteiger charge is 2.30. The minimum absolute atomic E-state index is 0.171. The van der Waals surface area contributed by atoms with Gasteiger partial charge >= 0.3 is 11.8 Å². The predicted molar refractivity (Wildman–Crippen MR) is 45.0 cm³/mol. The Labute approximate surface area is 74.7 Å². The molecule has 0 aromatic rings. The molecule has 1 atom stereocenters. The van der Waals surface area contributed by atoms with Crippen LogP contribution in [0.1, 0.15) is 6.42 Å². The number of amides is 2. The summed E-state index contributed by atoms with van der Waals surface area (Å²) in [4.78, 5) is 21.9. The van der Waals surface area contributed by atoms with Gasteiger partial charge < -0.3 is 16.4 Å². The number of rotatable bonds is 0. The maximum Gasteiger partial charge on any atom is 0.313 e. The maximum atomic E-state index is 10.9. The average Bonchev–Trinajstić information content (AvgIpc) is 2.08. The summed E-state index contributed by atoms with van der Waals surface area (Å²) in [5, 5.41) is 5.06. The van der Waals surface area contributed by atoms with Gasteiger partial charge in [0.15, 0.2) is 0 Å². The SMILES string of the molecule is NC1=CC=C2NC(=O)C(=O)NC2C1. The van der Waals surface area contributed by atoms with Crippen LogP contribution in [0.3, 0.4) is 0 Å². The Balaban J connectivity index is 2.26. The second-order valence-electron chi connectivity index (χ2n) is 3.05. The molecule has 4 N–H and O–H groups in total. The molecular formula is C8H9N3O2. The molecule has 1 saturated heterocycles. The lowest BCUT2D eigenvalue weighted by Gasteiger charge is -2.28. The van der Waals surface area contributed by atoms with Crippen LogP contribution in [0.2, 0.25) is 0 Å². The fourth-order valence-corrected chi connectivity index (χ4v) is 1.40. The molecule has 2 rings (SSSR count). The van der Waals surface area contributed by atoms with Crippen molar-refractivity contribution >= 4 is 11.8 Å². The van der Waals surface area contributed by atoms with Gasteiger partial charge in [-0.1, -0.05) is 0 Å². The minimum Gasteiger partial charge on any atom is -0.402 e. The first-order valence-electron chi connectivity index (χ1n) is 3.95. The summed E-state index contributed by atoms with van der Waals surface area (Å²) in [6, 6.07) is -0.171. The highest BCUT2D eigenvalue weighted by atomic mass is 16.2. The number of fused-ring (bicyclic) bond motifs is 1. The molecule has 2 aliphatic rings. The van der Waals surface area contributed by atoms with E-state index < -0.39 is 11.8 Å². The van der Waals surface area contributed by atoms with Crippen LogP contribution < -0.4 is 16.4 Å². The monoisotopic (exact) mass is 179 g/mol.